The van der Waals surface area contributed by atoms with Crippen LogP contribution in [0.3, 0.4) is 0 Å². The summed E-state index contributed by atoms with van der Waals surface area (Å²) in [6.07, 6.45) is 0. The summed E-state index contributed by atoms with van der Waals surface area (Å²) in [6, 6.07) is 19.3. The first-order valence-electron chi connectivity index (χ1n) is 8.90. The minimum atomic E-state index is 0.0790. The minimum absolute atomic E-state index is 0.0790. The van der Waals surface area contributed by atoms with Crippen molar-refractivity contribution >= 4 is 5.69 Å². The van der Waals surface area contributed by atoms with Gasteiger partial charge < -0.3 is 25.1 Å². The van der Waals surface area contributed by atoms with Crippen LogP contribution in [0.5, 0.6) is 23.0 Å². The number of hydrogen-bond donors (Lipinski definition) is 2. The van der Waals surface area contributed by atoms with Crippen LogP contribution in [-0.2, 0) is 0 Å². The van der Waals surface area contributed by atoms with Crippen molar-refractivity contribution in [3.8, 4) is 23.0 Å². The highest BCUT2D eigenvalue weighted by molar-refractivity contribution is 5.53. The van der Waals surface area contributed by atoms with Gasteiger partial charge in [0.05, 0.1) is 6.61 Å². The lowest BCUT2D eigenvalue weighted by Gasteiger charge is -2.34. The molecular weight excluding hydrogens is 342 g/mol. The summed E-state index contributed by atoms with van der Waals surface area (Å²) in [6.45, 7) is 0.759. The Morgan fingerprint density at radius 2 is 1.56 bits per heavy atom. The Labute approximate surface area is 156 Å². The Bertz CT molecular complexity index is 1000. The predicted molar refractivity (Wildman–Crippen MR) is 102 cm³/mol. The lowest BCUT2D eigenvalue weighted by Crippen LogP contribution is -2.25. The fourth-order valence-electron chi connectivity index (χ4n) is 3.95. The van der Waals surface area contributed by atoms with Crippen LogP contribution in [0, 0.1) is 0 Å². The maximum absolute atomic E-state index is 9.84. The molecule has 2 unspecified atom stereocenters. The molecule has 5 nitrogen and oxygen atoms in total. The summed E-state index contributed by atoms with van der Waals surface area (Å²) in [5.41, 5.74) is 9.95. The van der Waals surface area contributed by atoms with Crippen molar-refractivity contribution in [2.24, 2.45) is 0 Å². The third kappa shape index (κ3) is 2.72. The highest BCUT2D eigenvalue weighted by Crippen LogP contribution is 2.48. The Hall–Kier alpha value is -3.34. The third-order valence-corrected chi connectivity index (χ3v) is 5.27. The molecule has 3 N–H and O–H groups in total. The Morgan fingerprint density at radius 1 is 0.778 bits per heavy atom. The van der Waals surface area contributed by atoms with Gasteiger partial charge in [-0.25, -0.2) is 0 Å². The van der Waals surface area contributed by atoms with Crippen molar-refractivity contribution in [1.82, 2.24) is 0 Å². The average Bonchev–Trinajstić information content (AvgIpc) is 3.15. The molecule has 2 aliphatic rings. The van der Waals surface area contributed by atoms with E-state index in [-0.39, 0.29) is 24.4 Å². The summed E-state index contributed by atoms with van der Waals surface area (Å²) in [5.74, 6) is 2.63. The molecule has 0 aromatic heterocycles. The number of hydrogen-bond acceptors (Lipinski definition) is 5. The van der Waals surface area contributed by atoms with Gasteiger partial charge in [0.2, 0.25) is 6.79 Å². The zero-order valence-electron chi connectivity index (χ0n) is 14.6. The predicted octanol–water partition coefficient (Wildman–Crippen LogP) is 4.01. The van der Waals surface area contributed by atoms with E-state index in [0.29, 0.717) is 12.4 Å². The molecule has 0 aliphatic carbocycles. The molecule has 0 amide bonds. The van der Waals surface area contributed by atoms with Crippen LogP contribution in [0.2, 0.25) is 0 Å². The van der Waals surface area contributed by atoms with Gasteiger partial charge in [0.1, 0.15) is 11.5 Å². The second-order valence-electron chi connectivity index (χ2n) is 6.90. The standard InChI is InChI=1S/C22H19NO4/c23-15-4-1-13(2-5-15)22-17-7-6-16(24)10-20(17)25-11-18(22)14-3-8-19-21(9-14)27-12-26-19/h1-10,18,22,24H,11-12,23H2. The molecule has 2 aliphatic heterocycles. The Balaban J connectivity index is 1.63. The number of nitrogen functional groups attached to an aromatic ring is 1. The fraction of sp³-hybridized carbons (Fsp3) is 0.182. The van der Waals surface area contributed by atoms with Crippen molar-refractivity contribution in [1.29, 1.82) is 0 Å². The van der Waals surface area contributed by atoms with E-state index < -0.39 is 0 Å². The first-order chi connectivity index (χ1) is 13.2. The van der Waals surface area contributed by atoms with Crippen LogP contribution >= 0.6 is 0 Å². The zero-order valence-corrected chi connectivity index (χ0v) is 14.6. The van der Waals surface area contributed by atoms with Gasteiger partial charge in [0.25, 0.3) is 0 Å². The molecule has 0 saturated heterocycles. The number of phenols is 1. The number of nitrogens with two attached hydrogens (primary N) is 1. The highest BCUT2D eigenvalue weighted by Gasteiger charge is 2.34. The van der Waals surface area contributed by atoms with Gasteiger partial charge in [-0.3, -0.25) is 0 Å². The van der Waals surface area contributed by atoms with E-state index in [4.69, 9.17) is 19.9 Å². The van der Waals surface area contributed by atoms with Crippen molar-refractivity contribution in [2.45, 2.75) is 11.8 Å². The van der Waals surface area contributed by atoms with Gasteiger partial charge in [-0.2, -0.15) is 0 Å². The lowest BCUT2D eigenvalue weighted by molar-refractivity contribution is 0.174. The lowest BCUT2D eigenvalue weighted by atomic mass is 9.76. The highest BCUT2D eigenvalue weighted by atomic mass is 16.7. The molecule has 3 aromatic rings. The van der Waals surface area contributed by atoms with E-state index in [2.05, 4.69) is 18.2 Å². The number of ether oxygens (including phenoxy) is 3. The molecule has 0 spiro atoms. The summed E-state index contributed by atoms with van der Waals surface area (Å²) in [4.78, 5) is 0. The number of aromatic hydroxyl groups is 1. The second-order valence-corrected chi connectivity index (χ2v) is 6.90. The number of benzene rings is 3. The normalized spacial score (nSPS) is 20.0. The molecule has 0 saturated carbocycles. The van der Waals surface area contributed by atoms with E-state index in [1.165, 1.54) is 0 Å². The first-order valence-corrected chi connectivity index (χ1v) is 8.90. The van der Waals surface area contributed by atoms with Gasteiger partial charge in [0, 0.05) is 29.2 Å². The van der Waals surface area contributed by atoms with Crippen LogP contribution in [0.4, 0.5) is 5.69 Å². The molecule has 3 aromatic carbocycles. The van der Waals surface area contributed by atoms with Gasteiger partial charge in [-0.1, -0.05) is 24.3 Å². The molecule has 0 bridgehead atoms. The number of anilines is 1. The smallest absolute Gasteiger partial charge is 0.231 e. The van der Waals surface area contributed by atoms with Crippen molar-refractivity contribution in [3.05, 3.63) is 77.4 Å². The van der Waals surface area contributed by atoms with Crippen LogP contribution < -0.4 is 19.9 Å². The van der Waals surface area contributed by atoms with E-state index >= 15 is 0 Å². The van der Waals surface area contributed by atoms with E-state index in [9.17, 15) is 5.11 Å². The largest absolute Gasteiger partial charge is 0.508 e. The molecule has 5 rings (SSSR count). The summed E-state index contributed by atoms with van der Waals surface area (Å²) < 4.78 is 17.0. The van der Waals surface area contributed by atoms with Crippen LogP contribution in [0.1, 0.15) is 28.5 Å². The second kappa shape index (κ2) is 6.13. The summed E-state index contributed by atoms with van der Waals surface area (Å²) >= 11 is 0. The number of rotatable bonds is 2. The van der Waals surface area contributed by atoms with Gasteiger partial charge in [-0.05, 0) is 41.5 Å². The van der Waals surface area contributed by atoms with Crippen molar-refractivity contribution in [2.75, 3.05) is 19.1 Å². The topological polar surface area (TPSA) is 73.9 Å². The van der Waals surface area contributed by atoms with Gasteiger partial charge in [0.15, 0.2) is 11.5 Å². The Morgan fingerprint density at radius 3 is 2.41 bits per heavy atom. The van der Waals surface area contributed by atoms with Gasteiger partial charge >= 0.3 is 0 Å². The molecule has 2 heterocycles. The van der Waals surface area contributed by atoms with E-state index in [1.54, 1.807) is 12.1 Å². The number of phenolic OH excluding ortho intramolecular Hbond substituents is 1. The molecule has 2 atom stereocenters. The maximum Gasteiger partial charge on any atom is 0.231 e. The molecule has 0 radical (unpaired) electrons. The molecule has 27 heavy (non-hydrogen) atoms. The van der Waals surface area contributed by atoms with Crippen LogP contribution in [0.15, 0.2) is 60.7 Å². The van der Waals surface area contributed by atoms with Crippen molar-refractivity contribution < 1.29 is 19.3 Å². The fourth-order valence-corrected chi connectivity index (χ4v) is 3.95. The number of fused-ring (bicyclic) bond motifs is 2. The first kappa shape index (κ1) is 15.9. The molecule has 0 fully saturated rings. The van der Waals surface area contributed by atoms with Crippen molar-refractivity contribution in [3.63, 3.8) is 0 Å². The van der Waals surface area contributed by atoms with Crippen LogP contribution in [0.25, 0.3) is 0 Å². The average molecular weight is 361 g/mol. The third-order valence-electron chi connectivity index (χ3n) is 5.27. The molecule has 5 heteroatoms. The minimum Gasteiger partial charge on any atom is -0.508 e. The zero-order chi connectivity index (χ0) is 18.4. The SMILES string of the molecule is Nc1ccc(C2c3ccc(O)cc3OCC2c2ccc3c(c2)OCO3)cc1. The monoisotopic (exact) mass is 361 g/mol. The summed E-state index contributed by atoms with van der Waals surface area (Å²) in [7, 11) is 0. The van der Waals surface area contributed by atoms with E-state index in [1.807, 2.05) is 30.3 Å². The Kier molecular flexibility index (Phi) is 3.60. The molecular formula is C22H19NO4. The molecule has 136 valence electrons. The quantitative estimate of drug-likeness (QED) is 0.675. The van der Waals surface area contributed by atoms with Crippen LogP contribution in [-0.4, -0.2) is 18.5 Å². The van der Waals surface area contributed by atoms with Gasteiger partial charge in [-0.15, -0.1) is 0 Å². The summed E-state index contributed by atoms with van der Waals surface area (Å²) in [5, 5.41) is 9.84. The van der Waals surface area contributed by atoms with E-state index in [0.717, 1.165) is 33.9 Å². The maximum atomic E-state index is 9.84.